The summed E-state index contributed by atoms with van der Waals surface area (Å²) in [5, 5.41) is 0.445. The predicted octanol–water partition coefficient (Wildman–Crippen LogP) is 6.93. The maximum atomic E-state index is 2.24. The third-order valence-corrected chi connectivity index (χ3v) is 6.48. The van der Waals surface area contributed by atoms with Crippen molar-refractivity contribution in [3.63, 3.8) is 0 Å². The Kier molecular flexibility index (Phi) is 6.06. The molecule has 1 unspecified atom stereocenters. The van der Waals surface area contributed by atoms with E-state index in [1.807, 2.05) is 23.5 Å². The average molecular weight is 351 g/mol. The minimum Gasteiger partial charge on any atom is -0.125 e. The van der Waals surface area contributed by atoms with E-state index in [-0.39, 0.29) is 0 Å². The molecule has 3 rings (SSSR count). The number of rotatable bonds is 6. The Bertz CT molecular complexity index is 746. The van der Waals surface area contributed by atoms with Crippen LogP contribution in [0.2, 0.25) is 0 Å². The largest absolute Gasteiger partial charge is 0.125 e. The average Bonchev–Trinajstić information content (AvgIpc) is 2.62. The van der Waals surface area contributed by atoms with Crippen molar-refractivity contribution in [3.8, 4) is 0 Å². The molecule has 0 N–H and O–H groups in total. The molecule has 0 aliphatic heterocycles. The molecule has 0 amide bonds. The number of hydrogen-bond donors (Lipinski definition) is 0. The van der Waals surface area contributed by atoms with Crippen molar-refractivity contribution in [1.82, 2.24) is 0 Å². The van der Waals surface area contributed by atoms with Crippen molar-refractivity contribution < 1.29 is 0 Å². The smallest absolute Gasteiger partial charge is 0.0438 e. The maximum absolute atomic E-state index is 2.24. The van der Waals surface area contributed by atoms with E-state index >= 15 is 0 Å². The van der Waals surface area contributed by atoms with E-state index < -0.39 is 0 Å². The van der Waals surface area contributed by atoms with Crippen LogP contribution < -0.4 is 0 Å². The Labute approximate surface area is 153 Å². The lowest BCUT2D eigenvalue weighted by molar-refractivity contribution is 1.11. The minimum absolute atomic E-state index is 0.445. The van der Waals surface area contributed by atoms with Crippen molar-refractivity contribution in [2.75, 3.05) is 5.75 Å². The summed E-state index contributed by atoms with van der Waals surface area (Å²) in [5.74, 6) is 1.06. The SMILES string of the molecule is Cc1ccc(SCC(Sc2ccc(C)cc2)c2ccccc2)cc1. The summed E-state index contributed by atoms with van der Waals surface area (Å²) in [5.41, 5.74) is 4.01. The van der Waals surface area contributed by atoms with Gasteiger partial charge in [0.05, 0.1) is 0 Å². The van der Waals surface area contributed by atoms with Crippen LogP contribution in [0.5, 0.6) is 0 Å². The molecule has 122 valence electrons. The first kappa shape index (κ1) is 17.2. The third kappa shape index (κ3) is 4.93. The van der Waals surface area contributed by atoms with Gasteiger partial charge < -0.3 is 0 Å². The van der Waals surface area contributed by atoms with E-state index in [1.54, 1.807) is 0 Å². The van der Waals surface area contributed by atoms with Crippen LogP contribution in [0, 0.1) is 13.8 Å². The van der Waals surface area contributed by atoms with Crippen LogP contribution in [-0.4, -0.2) is 5.75 Å². The second-order valence-electron chi connectivity index (χ2n) is 5.95. The lowest BCUT2D eigenvalue weighted by Crippen LogP contribution is -1.97. The highest BCUT2D eigenvalue weighted by atomic mass is 32.2. The van der Waals surface area contributed by atoms with E-state index in [4.69, 9.17) is 0 Å². The van der Waals surface area contributed by atoms with E-state index in [2.05, 4.69) is 92.7 Å². The highest BCUT2D eigenvalue weighted by Crippen LogP contribution is 2.39. The van der Waals surface area contributed by atoms with Gasteiger partial charge in [0, 0.05) is 20.8 Å². The molecule has 0 bridgehead atoms. The zero-order valence-electron chi connectivity index (χ0n) is 14.1. The van der Waals surface area contributed by atoms with Crippen molar-refractivity contribution in [3.05, 3.63) is 95.6 Å². The first-order valence-corrected chi connectivity index (χ1v) is 10.0. The Morgan fingerprint density at radius 2 is 1.21 bits per heavy atom. The summed E-state index contributed by atoms with van der Waals surface area (Å²) >= 11 is 3.89. The summed E-state index contributed by atoms with van der Waals surface area (Å²) in [4.78, 5) is 2.67. The van der Waals surface area contributed by atoms with Crippen LogP contribution in [0.1, 0.15) is 21.9 Å². The van der Waals surface area contributed by atoms with Gasteiger partial charge in [-0.2, -0.15) is 0 Å². The lowest BCUT2D eigenvalue weighted by Gasteiger charge is -2.17. The van der Waals surface area contributed by atoms with Crippen molar-refractivity contribution >= 4 is 23.5 Å². The number of benzene rings is 3. The van der Waals surface area contributed by atoms with E-state index in [9.17, 15) is 0 Å². The van der Waals surface area contributed by atoms with Crippen molar-refractivity contribution in [2.45, 2.75) is 28.9 Å². The highest BCUT2D eigenvalue weighted by Gasteiger charge is 2.14. The van der Waals surface area contributed by atoms with Gasteiger partial charge in [0.25, 0.3) is 0 Å². The summed E-state index contributed by atoms with van der Waals surface area (Å²) in [6, 6.07) is 28.5. The van der Waals surface area contributed by atoms with Crippen molar-refractivity contribution in [1.29, 1.82) is 0 Å². The first-order valence-electron chi connectivity index (χ1n) is 8.18. The van der Waals surface area contributed by atoms with E-state index in [0.29, 0.717) is 5.25 Å². The fourth-order valence-corrected chi connectivity index (χ4v) is 4.71. The summed E-state index contributed by atoms with van der Waals surface area (Å²) in [7, 11) is 0. The second kappa shape index (κ2) is 8.46. The fraction of sp³-hybridized carbons (Fsp3) is 0.182. The summed E-state index contributed by atoms with van der Waals surface area (Å²) in [6.45, 7) is 4.27. The zero-order valence-corrected chi connectivity index (χ0v) is 15.7. The normalized spacial score (nSPS) is 12.1. The fourth-order valence-electron chi connectivity index (χ4n) is 2.45. The molecule has 2 heteroatoms. The Balaban J connectivity index is 1.74. The van der Waals surface area contributed by atoms with Crippen molar-refractivity contribution in [2.24, 2.45) is 0 Å². The van der Waals surface area contributed by atoms with Crippen LogP contribution in [0.25, 0.3) is 0 Å². The molecule has 0 heterocycles. The van der Waals surface area contributed by atoms with Gasteiger partial charge in [-0.3, -0.25) is 0 Å². The monoisotopic (exact) mass is 350 g/mol. The third-order valence-electron chi connectivity index (χ3n) is 3.89. The Morgan fingerprint density at radius 3 is 1.79 bits per heavy atom. The standard InChI is InChI=1S/C22H22S2/c1-17-8-12-20(13-9-17)23-16-22(19-6-4-3-5-7-19)24-21-14-10-18(2)11-15-21/h3-15,22H,16H2,1-2H3. The van der Waals surface area contributed by atoms with Gasteiger partial charge in [-0.05, 0) is 43.7 Å². The zero-order chi connectivity index (χ0) is 16.8. The predicted molar refractivity (Wildman–Crippen MR) is 108 cm³/mol. The van der Waals surface area contributed by atoms with Gasteiger partial charge in [0.2, 0.25) is 0 Å². The molecule has 0 radical (unpaired) electrons. The Hall–Kier alpha value is -1.64. The topological polar surface area (TPSA) is 0 Å². The molecular formula is C22H22S2. The molecule has 1 atom stereocenters. The van der Waals surface area contributed by atoms with Crippen LogP contribution >= 0.6 is 23.5 Å². The van der Waals surface area contributed by atoms with E-state index in [1.165, 1.54) is 26.5 Å². The van der Waals surface area contributed by atoms with Gasteiger partial charge in [0.1, 0.15) is 0 Å². The van der Waals surface area contributed by atoms with Gasteiger partial charge in [-0.25, -0.2) is 0 Å². The lowest BCUT2D eigenvalue weighted by atomic mass is 10.2. The number of hydrogen-bond acceptors (Lipinski definition) is 2. The molecule has 0 saturated carbocycles. The summed E-state index contributed by atoms with van der Waals surface area (Å²) in [6.07, 6.45) is 0. The number of aryl methyl sites for hydroxylation is 2. The molecule has 0 aromatic heterocycles. The highest BCUT2D eigenvalue weighted by molar-refractivity contribution is 8.03. The molecule has 24 heavy (non-hydrogen) atoms. The van der Waals surface area contributed by atoms with Crippen LogP contribution in [-0.2, 0) is 0 Å². The van der Waals surface area contributed by atoms with E-state index in [0.717, 1.165) is 5.75 Å². The van der Waals surface area contributed by atoms with Gasteiger partial charge in [-0.15, -0.1) is 23.5 Å². The molecule has 3 aromatic rings. The van der Waals surface area contributed by atoms with Gasteiger partial charge >= 0.3 is 0 Å². The molecule has 0 fully saturated rings. The van der Waals surface area contributed by atoms with Gasteiger partial charge in [0.15, 0.2) is 0 Å². The molecule has 0 aliphatic carbocycles. The molecule has 3 aromatic carbocycles. The minimum atomic E-state index is 0.445. The number of thioether (sulfide) groups is 2. The molecule has 0 saturated heterocycles. The Morgan fingerprint density at radius 1 is 0.667 bits per heavy atom. The van der Waals surface area contributed by atoms with Crippen LogP contribution in [0.3, 0.4) is 0 Å². The maximum Gasteiger partial charge on any atom is 0.0438 e. The first-order chi connectivity index (χ1) is 11.7. The second-order valence-corrected chi connectivity index (χ2v) is 8.32. The molecular weight excluding hydrogens is 328 g/mol. The molecule has 0 aliphatic rings. The van der Waals surface area contributed by atoms with Crippen LogP contribution in [0.4, 0.5) is 0 Å². The molecule has 0 nitrogen and oxygen atoms in total. The molecule has 0 spiro atoms. The van der Waals surface area contributed by atoms with Gasteiger partial charge in [-0.1, -0.05) is 65.7 Å². The summed E-state index contributed by atoms with van der Waals surface area (Å²) < 4.78 is 0. The quantitative estimate of drug-likeness (QED) is 0.442. The van der Waals surface area contributed by atoms with Crippen LogP contribution in [0.15, 0.2) is 88.7 Å².